The average Bonchev–Trinajstić information content (AvgIpc) is 2.80. The Balaban J connectivity index is 2.10. The van der Waals surface area contributed by atoms with Crippen molar-refractivity contribution in [3.05, 3.63) is 23.7 Å². The van der Waals surface area contributed by atoms with Crippen LogP contribution in [0.25, 0.3) is 0 Å². The number of nitrogen functional groups attached to an aromatic ring is 1. The zero-order valence-corrected chi connectivity index (χ0v) is 11.4. The molecule has 1 aromatic heterocycles. The minimum atomic E-state index is -0.561. The molecule has 0 spiro atoms. The third-order valence-electron chi connectivity index (χ3n) is 3.19. The first-order chi connectivity index (χ1) is 9.32. The second-order valence-electron chi connectivity index (χ2n) is 5.63. The zero-order valence-electron chi connectivity index (χ0n) is 11.4. The predicted molar refractivity (Wildman–Crippen MR) is 68.9 cm³/mol. The summed E-state index contributed by atoms with van der Waals surface area (Å²) in [6, 6.07) is 2.99. The zero-order chi connectivity index (χ0) is 14.9. The van der Waals surface area contributed by atoms with Crippen LogP contribution in [0.15, 0.2) is 16.5 Å². The second-order valence-corrected chi connectivity index (χ2v) is 5.63. The van der Waals surface area contributed by atoms with Crippen molar-refractivity contribution in [2.24, 2.45) is 11.3 Å². The lowest BCUT2D eigenvalue weighted by Crippen LogP contribution is -2.45. The molecule has 0 radical (unpaired) electrons. The Morgan fingerprint density at radius 2 is 1.95 bits per heavy atom. The minimum Gasteiger partial charge on any atom is -0.454 e. The molecule has 7 nitrogen and oxygen atoms in total. The van der Waals surface area contributed by atoms with Gasteiger partial charge in [-0.05, 0) is 17.5 Å². The smallest absolute Gasteiger partial charge is 0.300 e. The van der Waals surface area contributed by atoms with E-state index in [1.54, 1.807) is 6.07 Å². The topological polar surface area (TPSA) is 106 Å². The van der Waals surface area contributed by atoms with Gasteiger partial charge < -0.3 is 4.42 Å². The molecule has 0 bridgehead atoms. The SMILES string of the molecule is CC1(C)CC(=O)N(Cc2ccc(C(=O)NN)o2)C(=O)C1. The lowest BCUT2D eigenvalue weighted by molar-refractivity contribution is -0.153. The van der Waals surface area contributed by atoms with Gasteiger partial charge in [-0.25, -0.2) is 5.84 Å². The Bertz CT molecular complexity index is 542. The summed E-state index contributed by atoms with van der Waals surface area (Å²) >= 11 is 0. The van der Waals surface area contributed by atoms with Gasteiger partial charge in [0, 0.05) is 12.8 Å². The van der Waals surface area contributed by atoms with Crippen LogP contribution in [-0.4, -0.2) is 22.6 Å². The highest BCUT2D eigenvalue weighted by Crippen LogP contribution is 2.32. The summed E-state index contributed by atoms with van der Waals surface area (Å²) in [6.07, 6.45) is 0.630. The van der Waals surface area contributed by atoms with E-state index in [0.717, 1.165) is 4.90 Å². The molecule has 0 unspecified atom stereocenters. The summed E-state index contributed by atoms with van der Waals surface area (Å²) < 4.78 is 5.25. The number of furan rings is 1. The summed E-state index contributed by atoms with van der Waals surface area (Å²) in [5.41, 5.74) is 1.64. The van der Waals surface area contributed by atoms with Crippen molar-refractivity contribution in [1.82, 2.24) is 10.3 Å². The number of hydrazine groups is 1. The van der Waals surface area contributed by atoms with Crippen LogP contribution in [0, 0.1) is 5.41 Å². The van der Waals surface area contributed by atoms with Crippen molar-refractivity contribution in [2.45, 2.75) is 33.2 Å². The average molecular weight is 279 g/mol. The summed E-state index contributed by atoms with van der Waals surface area (Å²) in [4.78, 5) is 36.4. The molecular formula is C13H17N3O4. The number of carbonyl (C=O) groups excluding carboxylic acids is 3. The molecule has 2 rings (SSSR count). The van der Waals surface area contributed by atoms with E-state index in [1.807, 2.05) is 19.3 Å². The Morgan fingerprint density at radius 3 is 2.50 bits per heavy atom. The fourth-order valence-electron chi connectivity index (χ4n) is 2.20. The normalized spacial score (nSPS) is 18.2. The van der Waals surface area contributed by atoms with Gasteiger partial charge in [-0.2, -0.15) is 0 Å². The summed E-state index contributed by atoms with van der Waals surface area (Å²) in [6.45, 7) is 3.80. The van der Waals surface area contributed by atoms with E-state index < -0.39 is 5.91 Å². The molecule has 1 aromatic rings. The predicted octanol–water partition coefficient (Wildman–Crippen LogP) is 0.558. The van der Waals surface area contributed by atoms with Crippen LogP contribution in [0.2, 0.25) is 0 Å². The standard InChI is InChI=1S/C13H17N3O4/c1-13(2)5-10(17)16(11(18)6-13)7-8-3-4-9(20-8)12(19)15-14/h3-4H,5-7,14H2,1-2H3,(H,15,19). The van der Waals surface area contributed by atoms with Gasteiger partial charge >= 0.3 is 5.91 Å². The Hall–Kier alpha value is -2.15. The maximum Gasteiger partial charge on any atom is 0.300 e. The van der Waals surface area contributed by atoms with Crippen molar-refractivity contribution in [2.75, 3.05) is 0 Å². The molecule has 1 fully saturated rings. The Morgan fingerprint density at radius 1 is 1.35 bits per heavy atom. The number of hydrogen-bond donors (Lipinski definition) is 2. The third-order valence-corrected chi connectivity index (χ3v) is 3.19. The Kier molecular flexibility index (Phi) is 3.63. The highest BCUT2D eigenvalue weighted by atomic mass is 16.4. The van der Waals surface area contributed by atoms with E-state index >= 15 is 0 Å². The fraction of sp³-hybridized carbons (Fsp3) is 0.462. The van der Waals surface area contributed by atoms with Crippen LogP contribution >= 0.6 is 0 Å². The number of amides is 3. The second kappa shape index (κ2) is 5.09. The molecule has 0 aromatic carbocycles. The Labute approximate surface area is 116 Å². The molecule has 1 saturated heterocycles. The summed E-state index contributed by atoms with van der Waals surface area (Å²) in [5.74, 6) is 4.38. The molecule has 2 heterocycles. The van der Waals surface area contributed by atoms with Gasteiger partial charge in [0.1, 0.15) is 5.76 Å². The van der Waals surface area contributed by atoms with E-state index in [4.69, 9.17) is 10.3 Å². The van der Waals surface area contributed by atoms with Gasteiger partial charge in [-0.1, -0.05) is 13.8 Å². The number of carbonyl (C=O) groups is 3. The van der Waals surface area contributed by atoms with Crippen LogP contribution in [0.1, 0.15) is 43.0 Å². The van der Waals surface area contributed by atoms with E-state index in [9.17, 15) is 14.4 Å². The summed E-state index contributed by atoms with van der Waals surface area (Å²) in [7, 11) is 0. The van der Waals surface area contributed by atoms with Gasteiger partial charge in [0.2, 0.25) is 11.8 Å². The molecule has 0 atom stereocenters. The molecule has 1 aliphatic heterocycles. The number of piperidine rings is 1. The lowest BCUT2D eigenvalue weighted by atomic mass is 9.82. The van der Waals surface area contributed by atoms with Gasteiger partial charge in [0.25, 0.3) is 0 Å². The number of nitrogens with two attached hydrogens (primary N) is 1. The monoisotopic (exact) mass is 279 g/mol. The lowest BCUT2D eigenvalue weighted by Gasteiger charge is -2.34. The maximum atomic E-state index is 12.0. The fourth-order valence-corrected chi connectivity index (χ4v) is 2.20. The highest BCUT2D eigenvalue weighted by Gasteiger charge is 2.37. The number of likely N-dealkylation sites (tertiary alicyclic amines) is 1. The van der Waals surface area contributed by atoms with Gasteiger partial charge in [0.05, 0.1) is 6.54 Å². The molecule has 1 aliphatic rings. The summed E-state index contributed by atoms with van der Waals surface area (Å²) in [5, 5.41) is 0. The van der Waals surface area contributed by atoms with Crippen LogP contribution in [0.4, 0.5) is 0 Å². The number of hydrogen-bond acceptors (Lipinski definition) is 5. The number of nitrogens with zero attached hydrogens (tertiary/aromatic N) is 1. The van der Waals surface area contributed by atoms with Crippen LogP contribution in [-0.2, 0) is 16.1 Å². The highest BCUT2D eigenvalue weighted by molar-refractivity contribution is 5.98. The van der Waals surface area contributed by atoms with E-state index in [1.165, 1.54) is 6.07 Å². The minimum absolute atomic E-state index is 0.0333. The molecule has 20 heavy (non-hydrogen) atoms. The van der Waals surface area contributed by atoms with Crippen molar-refractivity contribution >= 4 is 17.7 Å². The van der Waals surface area contributed by atoms with Crippen LogP contribution < -0.4 is 11.3 Å². The molecule has 3 amide bonds. The van der Waals surface area contributed by atoms with Gasteiger partial charge in [-0.15, -0.1) is 0 Å². The molecule has 7 heteroatoms. The van der Waals surface area contributed by atoms with Crippen molar-refractivity contribution in [1.29, 1.82) is 0 Å². The molecule has 108 valence electrons. The van der Waals surface area contributed by atoms with Gasteiger partial charge in [0.15, 0.2) is 5.76 Å². The number of nitrogens with one attached hydrogen (secondary N) is 1. The maximum absolute atomic E-state index is 12.0. The molecular weight excluding hydrogens is 262 g/mol. The molecule has 0 saturated carbocycles. The van der Waals surface area contributed by atoms with Crippen molar-refractivity contribution in [3.63, 3.8) is 0 Å². The first kappa shape index (κ1) is 14.3. The number of imide groups is 1. The van der Waals surface area contributed by atoms with Crippen molar-refractivity contribution < 1.29 is 18.8 Å². The van der Waals surface area contributed by atoms with Crippen molar-refractivity contribution in [3.8, 4) is 0 Å². The van der Waals surface area contributed by atoms with E-state index in [0.29, 0.717) is 18.6 Å². The third kappa shape index (κ3) is 2.88. The first-order valence-corrected chi connectivity index (χ1v) is 6.25. The quantitative estimate of drug-likeness (QED) is 0.364. The van der Waals surface area contributed by atoms with Crippen LogP contribution in [0.5, 0.6) is 0 Å². The molecule has 3 N–H and O–H groups in total. The first-order valence-electron chi connectivity index (χ1n) is 6.25. The largest absolute Gasteiger partial charge is 0.454 e. The van der Waals surface area contributed by atoms with E-state index in [2.05, 4.69) is 0 Å². The van der Waals surface area contributed by atoms with Gasteiger partial charge in [-0.3, -0.25) is 24.7 Å². The van der Waals surface area contributed by atoms with E-state index in [-0.39, 0.29) is 29.5 Å². The molecule has 0 aliphatic carbocycles. The van der Waals surface area contributed by atoms with Crippen LogP contribution in [0.3, 0.4) is 0 Å². The number of rotatable bonds is 3.